The maximum absolute atomic E-state index is 12.1. The van der Waals surface area contributed by atoms with E-state index in [2.05, 4.69) is 17.2 Å². The van der Waals surface area contributed by atoms with Crippen molar-refractivity contribution >= 4 is 17.5 Å². The Bertz CT molecular complexity index is 681. The Balaban J connectivity index is 1.97. The Morgan fingerprint density at radius 1 is 1.00 bits per heavy atom. The first-order valence-corrected chi connectivity index (χ1v) is 7.52. The Hall–Kier alpha value is -2.88. The van der Waals surface area contributed by atoms with Crippen LogP contribution >= 0.6 is 0 Å². The molecule has 2 aromatic carbocycles. The van der Waals surface area contributed by atoms with Crippen LogP contribution in [0.5, 0.6) is 0 Å². The summed E-state index contributed by atoms with van der Waals surface area (Å²) in [6.45, 7) is 3.95. The van der Waals surface area contributed by atoms with Crippen LogP contribution in [0.4, 0.5) is 5.69 Å². The van der Waals surface area contributed by atoms with Gasteiger partial charge in [0.2, 0.25) is 5.91 Å². The van der Waals surface area contributed by atoms with Crippen molar-refractivity contribution < 1.29 is 9.59 Å². The first-order chi connectivity index (χ1) is 11.2. The molecule has 0 aliphatic rings. The summed E-state index contributed by atoms with van der Waals surface area (Å²) in [6, 6.07) is 16.8. The molecule has 0 aliphatic carbocycles. The number of anilines is 1. The van der Waals surface area contributed by atoms with Gasteiger partial charge in [-0.25, -0.2) is 0 Å². The zero-order chi connectivity index (χ0) is 16.5. The van der Waals surface area contributed by atoms with E-state index >= 15 is 0 Å². The van der Waals surface area contributed by atoms with Crippen LogP contribution in [-0.4, -0.2) is 18.4 Å². The van der Waals surface area contributed by atoms with E-state index in [4.69, 9.17) is 0 Å². The predicted octanol–water partition coefficient (Wildman–Crippen LogP) is 3.17. The van der Waals surface area contributed by atoms with E-state index in [1.165, 1.54) is 0 Å². The molecule has 23 heavy (non-hydrogen) atoms. The average molecular weight is 308 g/mol. The highest BCUT2D eigenvalue weighted by Crippen LogP contribution is 2.15. The van der Waals surface area contributed by atoms with E-state index < -0.39 is 0 Å². The summed E-state index contributed by atoms with van der Waals surface area (Å²) in [5.41, 5.74) is 2.08. The molecule has 0 heterocycles. The second-order valence-electron chi connectivity index (χ2n) is 5.08. The molecule has 0 unspecified atom stereocenters. The molecule has 0 bridgehead atoms. The molecule has 0 saturated heterocycles. The highest BCUT2D eigenvalue weighted by molar-refractivity contribution is 6.03. The van der Waals surface area contributed by atoms with Crippen LogP contribution in [0, 0.1) is 0 Å². The fourth-order valence-corrected chi connectivity index (χ4v) is 2.17. The molecule has 0 fully saturated rings. The maximum Gasteiger partial charge on any atom is 0.253 e. The number of rotatable bonds is 7. The Labute approximate surface area is 136 Å². The van der Waals surface area contributed by atoms with Gasteiger partial charge >= 0.3 is 0 Å². The summed E-state index contributed by atoms with van der Waals surface area (Å²) in [6.07, 6.45) is 2.64. The average Bonchev–Trinajstić information content (AvgIpc) is 2.59. The maximum atomic E-state index is 12.1. The second kappa shape index (κ2) is 8.54. The zero-order valence-electron chi connectivity index (χ0n) is 12.9. The Morgan fingerprint density at radius 3 is 2.43 bits per heavy atom. The van der Waals surface area contributed by atoms with Crippen molar-refractivity contribution in [3.8, 4) is 0 Å². The van der Waals surface area contributed by atoms with Crippen molar-refractivity contribution in [2.24, 2.45) is 0 Å². The van der Waals surface area contributed by atoms with Crippen molar-refractivity contribution in [3.05, 3.63) is 78.4 Å². The van der Waals surface area contributed by atoms with Crippen LogP contribution in [0.3, 0.4) is 0 Å². The summed E-state index contributed by atoms with van der Waals surface area (Å²) < 4.78 is 0. The van der Waals surface area contributed by atoms with Crippen LogP contribution in [0.15, 0.2) is 67.3 Å². The molecule has 2 rings (SSSR count). The summed E-state index contributed by atoms with van der Waals surface area (Å²) in [5.74, 6) is -0.346. The largest absolute Gasteiger partial charge is 0.349 e. The second-order valence-corrected chi connectivity index (χ2v) is 5.08. The van der Waals surface area contributed by atoms with Crippen molar-refractivity contribution in [3.63, 3.8) is 0 Å². The van der Waals surface area contributed by atoms with E-state index in [1.54, 1.807) is 30.3 Å². The number of hydrogen-bond donors (Lipinski definition) is 2. The van der Waals surface area contributed by atoms with Crippen molar-refractivity contribution in [1.29, 1.82) is 0 Å². The van der Waals surface area contributed by atoms with Crippen LogP contribution in [0.25, 0.3) is 0 Å². The number of aryl methyl sites for hydroxylation is 1. The smallest absolute Gasteiger partial charge is 0.253 e. The molecule has 118 valence electrons. The van der Waals surface area contributed by atoms with Crippen molar-refractivity contribution in [1.82, 2.24) is 5.32 Å². The third-order valence-corrected chi connectivity index (χ3v) is 3.34. The lowest BCUT2D eigenvalue weighted by molar-refractivity contribution is -0.116. The van der Waals surface area contributed by atoms with Gasteiger partial charge < -0.3 is 10.6 Å². The lowest BCUT2D eigenvalue weighted by Crippen LogP contribution is -2.25. The molecular formula is C19H20N2O2. The van der Waals surface area contributed by atoms with E-state index in [0.717, 1.165) is 5.56 Å². The minimum atomic E-state index is -0.233. The van der Waals surface area contributed by atoms with Gasteiger partial charge in [-0.1, -0.05) is 48.5 Å². The zero-order valence-corrected chi connectivity index (χ0v) is 12.9. The van der Waals surface area contributed by atoms with Gasteiger partial charge in [-0.05, 0) is 24.1 Å². The first-order valence-electron chi connectivity index (χ1n) is 7.52. The number of nitrogens with one attached hydrogen (secondary N) is 2. The number of benzene rings is 2. The Morgan fingerprint density at radius 2 is 1.70 bits per heavy atom. The van der Waals surface area contributed by atoms with Gasteiger partial charge in [0, 0.05) is 13.0 Å². The fraction of sp³-hybridized carbons (Fsp3) is 0.158. The van der Waals surface area contributed by atoms with Crippen molar-refractivity contribution in [2.75, 3.05) is 11.9 Å². The number of para-hydroxylation sites is 1. The van der Waals surface area contributed by atoms with Crippen LogP contribution in [-0.2, 0) is 11.2 Å². The van der Waals surface area contributed by atoms with Gasteiger partial charge in [-0.3, -0.25) is 9.59 Å². The van der Waals surface area contributed by atoms with Gasteiger partial charge in [-0.2, -0.15) is 0 Å². The standard InChI is InChI=1S/C19H20N2O2/c1-2-14-20-19(23)16-10-6-7-11-17(16)21-18(22)13-12-15-8-4-3-5-9-15/h2-11H,1,12-14H2,(H,20,23)(H,21,22). The molecule has 0 aromatic heterocycles. The number of carbonyl (C=O) groups excluding carboxylic acids is 2. The van der Waals surface area contributed by atoms with Crippen LogP contribution < -0.4 is 10.6 Å². The molecule has 0 saturated carbocycles. The van der Waals surface area contributed by atoms with Crippen LogP contribution in [0.2, 0.25) is 0 Å². The monoisotopic (exact) mass is 308 g/mol. The molecule has 2 amide bonds. The summed E-state index contributed by atoms with van der Waals surface area (Å²) >= 11 is 0. The topological polar surface area (TPSA) is 58.2 Å². The number of hydrogen-bond acceptors (Lipinski definition) is 2. The van der Waals surface area contributed by atoms with E-state index in [0.29, 0.717) is 30.6 Å². The van der Waals surface area contributed by atoms with Gasteiger partial charge in [0.1, 0.15) is 0 Å². The molecular weight excluding hydrogens is 288 g/mol. The third-order valence-electron chi connectivity index (χ3n) is 3.34. The molecule has 4 nitrogen and oxygen atoms in total. The minimum Gasteiger partial charge on any atom is -0.349 e. The van der Waals surface area contributed by atoms with E-state index in [-0.39, 0.29) is 11.8 Å². The fourth-order valence-electron chi connectivity index (χ4n) is 2.17. The summed E-state index contributed by atoms with van der Waals surface area (Å²) in [4.78, 5) is 24.2. The normalized spacial score (nSPS) is 9.91. The lowest BCUT2D eigenvalue weighted by Gasteiger charge is -2.11. The predicted molar refractivity (Wildman–Crippen MR) is 92.4 cm³/mol. The molecule has 0 spiro atoms. The SMILES string of the molecule is C=CCNC(=O)c1ccccc1NC(=O)CCc1ccccc1. The van der Waals surface area contributed by atoms with Crippen molar-refractivity contribution in [2.45, 2.75) is 12.8 Å². The molecule has 2 aromatic rings. The first kappa shape index (κ1) is 16.5. The van der Waals surface area contributed by atoms with Gasteiger partial charge in [-0.15, -0.1) is 6.58 Å². The van der Waals surface area contributed by atoms with E-state index in [9.17, 15) is 9.59 Å². The van der Waals surface area contributed by atoms with Gasteiger partial charge in [0.25, 0.3) is 5.91 Å². The number of carbonyl (C=O) groups is 2. The van der Waals surface area contributed by atoms with Crippen LogP contribution in [0.1, 0.15) is 22.3 Å². The Kier molecular flexibility index (Phi) is 6.12. The number of amides is 2. The quantitative estimate of drug-likeness (QED) is 0.772. The third kappa shape index (κ3) is 5.11. The highest BCUT2D eigenvalue weighted by atomic mass is 16.2. The molecule has 0 aliphatic heterocycles. The lowest BCUT2D eigenvalue weighted by atomic mass is 10.1. The van der Waals surface area contributed by atoms with E-state index in [1.807, 2.05) is 30.3 Å². The molecule has 4 heteroatoms. The minimum absolute atomic E-state index is 0.113. The summed E-state index contributed by atoms with van der Waals surface area (Å²) in [5, 5.41) is 5.52. The highest BCUT2D eigenvalue weighted by Gasteiger charge is 2.12. The molecule has 0 radical (unpaired) electrons. The summed E-state index contributed by atoms with van der Waals surface area (Å²) in [7, 11) is 0. The van der Waals surface area contributed by atoms with Gasteiger partial charge in [0.15, 0.2) is 0 Å². The molecule has 0 atom stereocenters. The molecule has 2 N–H and O–H groups in total. The van der Waals surface area contributed by atoms with Gasteiger partial charge in [0.05, 0.1) is 11.3 Å².